The third-order valence-corrected chi connectivity index (χ3v) is 2.64. The van der Waals surface area contributed by atoms with Crippen LogP contribution in [0.2, 0.25) is 0 Å². The van der Waals surface area contributed by atoms with E-state index < -0.39 is 17.0 Å². The summed E-state index contributed by atoms with van der Waals surface area (Å²) in [5.74, 6) is -0.311. The molecular formula is C13H18N4O4. The molecule has 8 nitrogen and oxygen atoms in total. The number of nitrogens with one attached hydrogen (secondary N) is 3. The molecule has 0 unspecified atom stereocenters. The molecule has 8 heteroatoms. The largest absolute Gasteiger partial charge is 0.354 e. The Bertz CT molecular complexity index is 533. The number of hydrogen-bond acceptors (Lipinski definition) is 4. The van der Waals surface area contributed by atoms with Gasteiger partial charge in [-0.15, -0.1) is 0 Å². The van der Waals surface area contributed by atoms with Gasteiger partial charge in [0.15, 0.2) is 0 Å². The van der Waals surface area contributed by atoms with E-state index in [1.54, 1.807) is 6.07 Å². The number of benzene rings is 1. The van der Waals surface area contributed by atoms with Crippen LogP contribution in [0.1, 0.15) is 20.3 Å². The first-order valence-corrected chi connectivity index (χ1v) is 6.54. The fraction of sp³-hybridized carbons (Fsp3) is 0.385. The van der Waals surface area contributed by atoms with Crippen LogP contribution in [0.3, 0.4) is 0 Å². The normalized spacial score (nSPS) is 11.3. The predicted octanol–water partition coefficient (Wildman–Crippen LogP) is 1.63. The van der Waals surface area contributed by atoms with Gasteiger partial charge in [0.1, 0.15) is 11.7 Å². The van der Waals surface area contributed by atoms with Crippen LogP contribution in [0.15, 0.2) is 24.3 Å². The summed E-state index contributed by atoms with van der Waals surface area (Å²) in [5, 5.41) is 18.2. The van der Waals surface area contributed by atoms with Crippen LogP contribution in [-0.2, 0) is 4.79 Å². The highest BCUT2D eigenvalue weighted by Crippen LogP contribution is 2.22. The number of rotatable bonds is 6. The zero-order chi connectivity index (χ0) is 15.8. The van der Waals surface area contributed by atoms with Crippen LogP contribution in [0.4, 0.5) is 16.2 Å². The summed E-state index contributed by atoms with van der Waals surface area (Å²) in [7, 11) is 0. The first-order chi connectivity index (χ1) is 9.95. The van der Waals surface area contributed by atoms with Crippen LogP contribution >= 0.6 is 0 Å². The predicted molar refractivity (Wildman–Crippen MR) is 78.0 cm³/mol. The smallest absolute Gasteiger partial charge is 0.320 e. The van der Waals surface area contributed by atoms with E-state index >= 15 is 0 Å². The maximum absolute atomic E-state index is 11.8. The Morgan fingerprint density at radius 3 is 2.62 bits per heavy atom. The minimum absolute atomic E-state index is 0.0705. The fourth-order valence-electron chi connectivity index (χ4n) is 1.56. The summed E-state index contributed by atoms with van der Waals surface area (Å²) in [4.78, 5) is 33.6. The molecule has 0 fully saturated rings. The Morgan fingerprint density at radius 1 is 1.33 bits per heavy atom. The third-order valence-electron chi connectivity index (χ3n) is 2.64. The van der Waals surface area contributed by atoms with Crippen LogP contribution in [-0.4, -0.2) is 29.4 Å². The number of nitro groups is 1. The standard InChI is InChI=1S/C13H18N4O4/c1-3-8-14-12(18)9(2)15-13(19)16-10-6-4-5-7-11(10)17(20)21/h4-7,9H,3,8H2,1-2H3,(H,14,18)(H2,15,16,19)/t9-/m0/s1. The highest BCUT2D eigenvalue weighted by Gasteiger charge is 2.18. The van der Waals surface area contributed by atoms with Crippen molar-refractivity contribution in [2.45, 2.75) is 26.3 Å². The maximum atomic E-state index is 11.8. The highest BCUT2D eigenvalue weighted by molar-refractivity contribution is 5.95. The molecule has 1 aromatic rings. The summed E-state index contributed by atoms with van der Waals surface area (Å²) in [6.45, 7) is 3.97. The molecule has 114 valence electrons. The number of nitrogens with zero attached hydrogens (tertiary/aromatic N) is 1. The minimum Gasteiger partial charge on any atom is -0.354 e. The van der Waals surface area contributed by atoms with Crippen molar-refractivity contribution >= 4 is 23.3 Å². The molecule has 1 atom stereocenters. The molecule has 21 heavy (non-hydrogen) atoms. The van der Waals surface area contributed by atoms with Gasteiger partial charge in [-0.3, -0.25) is 14.9 Å². The van der Waals surface area contributed by atoms with E-state index in [2.05, 4.69) is 16.0 Å². The fourth-order valence-corrected chi connectivity index (χ4v) is 1.56. The zero-order valence-electron chi connectivity index (χ0n) is 11.9. The van der Waals surface area contributed by atoms with Crippen LogP contribution < -0.4 is 16.0 Å². The topological polar surface area (TPSA) is 113 Å². The number of carbonyl (C=O) groups excluding carboxylic acids is 2. The Balaban J connectivity index is 2.62. The summed E-state index contributed by atoms with van der Waals surface area (Å²) in [5.41, 5.74) is -0.142. The number of carbonyl (C=O) groups is 2. The van der Waals surface area contributed by atoms with Gasteiger partial charge in [0.25, 0.3) is 5.69 Å². The quantitative estimate of drug-likeness (QED) is 0.546. The molecule has 0 spiro atoms. The Morgan fingerprint density at radius 2 is 2.00 bits per heavy atom. The first-order valence-electron chi connectivity index (χ1n) is 6.54. The molecule has 0 saturated carbocycles. The number of para-hydroxylation sites is 2. The lowest BCUT2D eigenvalue weighted by molar-refractivity contribution is -0.383. The number of hydrogen-bond donors (Lipinski definition) is 3. The van der Waals surface area contributed by atoms with Crippen LogP contribution in [0, 0.1) is 10.1 Å². The van der Waals surface area contributed by atoms with Gasteiger partial charge in [-0.2, -0.15) is 0 Å². The molecule has 0 aromatic heterocycles. The van der Waals surface area contributed by atoms with Gasteiger partial charge < -0.3 is 16.0 Å². The summed E-state index contributed by atoms with van der Waals surface area (Å²) in [6.07, 6.45) is 0.793. The number of amides is 3. The molecule has 1 aromatic carbocycles. The first kappa shape index (κ1) is 16.4. The number of anilines is 1. The lowest BCUT2D eigenvalue weighted by Gasteiger charge is -2.14. The van der Waals surface area contributed by atoms with Gasteiger partial charge in [-0.05, 0) is 19.4 Å². The van der Waals surface area contributed by atoms with Crippen molar-refractivity contribution in [3.05, 3.63) is 34.4 Å². The van der Waals surface area contributed by atoms with E-state index in [0.29, 0.717) is 6.54 Å². The lowest BCUT2D eigenvalue weighted by Crippen LogP contribution is -2.46. The molecule has 0 heterocycles. The van der Waals surface area contributed by atoms with E-state index in [-0.39, 0.29) is 17.3 Å². The third kappa shape index (κ3) is 5.09. The van der Waals surface area contributed by atoms with Crippen molar-refractivity contribution < 1.29 is 14.5 Å². The van der Waals surface area contributed by atoms with E-state index in [1.165, 1.54) is 25.1 Å². The summed E-state index contributed by atoms with van der Waals surface area (Å²) < 4.78 is 0. The maximum Gasteiger partial charge on any atom is 0.320 e. The second kappa shape index (κ2) is 7.83. The SMILES string of the molecule is CCCNC(=O)[C@H](C)NC(=O)Nc1ccccc1[N+](=O)[O-]. The molecule has 3 amide bonds. The van der Waals surface area contributed by atoms with Gasteiger partial charge in [0.2, 0.25) is 5.91 Å². The summed E-state index contributed by atoms with van der Waals surface area (Å²) in [6, 6.07) is 4.36. The average molecular weight is 294 g/mol. The Kier molecular flexibility index (Phi) is 6.12. The zero-order valence-corrected chi connectivity index (χ0v) is 11.9. The van der Waals surface area contributed by atoms with Crippen molar-refractivity contribution in [2.24, 2.45) is 0 Å². The second-order valence-corrected chi connectivity index (χ2v) is 4.39. The molecule has 0 bridgehead atoms. The minimum atomic E-state index is -0.737. The average Bonchev–Trinajstić information content (AvgIpc) is 2.44. The Hall–Kier alpha value is -2.64. The molecular weight excluding hydrogens is 276 g/mol. The van der Waals surface area contributed by atoms with Crippen molar-refractivity contribution in [1.29, 1.82) is 0 Å². The summed E-state index contributed by atoms with van der Waals surface area (Å²) >= 11 is 0. The molecule has 0 aliphatic rings. The van der Waals surface area contributed by atoms with E-state index in [0.717, 1.165) is 6.42 Å². The molecule has 0 aliphatic heterocycles. The lowest BCUT2D eigenvalue weighted by atomic mass is 10.2. The van der Waals surface area contributed by atoms with Crippen molar-refractivity contribution in [2.75, 3.05) is 11.9 Å². The second-order valence-electron chi connectivity index (χ2n) is 4.39. The van der Waals surface area contributed by atoms with Gasteiger partial charge in [0, 0.05) is 12.6 Å². The number of urea groups is 1. The van der Waals surface area contributed by atoms with Crippen molar-refractivity contribution in [1.82, 2.24) is 10.6 Å². The molecule has 0 saturated heterocycles. The van der Waals surface area contributed by atoms with E-state index in [4.69, 9.17) is 0 Å². The van der Waals surface area contributed by atoms with Gasteiger partial charge in [-0.25, -0.2) is 4.79 Å². The monoisotopic (exact) mass is 294 g/mol. The van der Waals surface area contributed by atoms with Gasteiger partial charge >= 0.3 is 6.03 Å². The molecule has 0 radical (unpaired) electrons. The molecule has 0 aliphatic carbocycles. The van der Waals surface area contributed by atoms with Crippen molar-refractivity contribution in [3.8, 4) is 0 Å². The van der Waals surface area contributed by atoms with Crippen LogP contribution in [0.25, 0.3) is 0 Å². The molecule has 3 N–H and O–H groups in total. The molecule has 1 rings (SSSR count). The van der Waals surface area contributed by atoms with Gasteiger partial charge in [0.05, 0.1) is 4.92 Å². The van der Waals surface area contributed by atoms with Crippen LogP contribution in [0.5, 0.6) is 0 Å². The Labute approximate surface area is 122 Å². The highest BCUT2D eigenvalue weighted by atomic mass is 16.6. The van der Waals surface area contributed by atoms with Crippen molar-refractivity contribution in [3.63, 3.8) is 0 Å². The van der Waals surface area contributed by atoms with E-state index in [1.807, 2.05) is 6.92 Å². The van der Waals surface area contributed by atoms with Gasteiger partial charge in [-0.1, -0.05) is 19.1 Å². The van der Waals surface area contributed by atoms with E-state index in [9.17, 15) is 19.7 Å². The number of nitro benzene ring substituents is 1.